The molecule has 0 spiro atoms. The maximum atomic E-state index is 11.8. The summed E-state index contributed by atoms with van der Waals surface area (Å²) >= 11 is 0. The van der Waals surface area contributed by atoms with E-state index in [1.54, 1.807) is 21.1 Å². The van der Waals surface area contributed by atoms with Crippen LogP contribution in [0.4, 0.5) is 0 Å². The fourth-order valence-electron chi connectivity index (χ4n) is 1.91. The van der Waals surface area contributed by atoms with E-state index in [9.17, 15) is 9.59 Å². The molecule has 1 heterocycles. The number of amides is 2. The second-order valence-electron chi connectivity index (χ2n) is 4.94. The Labute approximate surface area is 103 Å². The summed E-state index contributed by atoms with van der Waals surface area (Å²) in [6.07, 6.45) is 2.63. The lowest BCUT2D eigenvalue weighted by Crippen LogP contribution is -2.37. The van der Waals surface area contributed by atoms with E-state index in [4.69, 9.17) is 0 Å². The van der Waals surface area contributed by atoms with Crippen LogP contribution in [-0.2, 0) is 9.59 Å². The van der Waals surface area contributed by atoms with Crippen molar-refractivity contribution in [3.8, 4) is 0 Å². The Balaban J connectivity index is 2.24. The number of nitrogens with one attached hydrogen (secondary N) is 1. The number of hydrogen-bond donors (Lipinski definition) is 1. The molecule has 1 rings (SSSR count). The number of likely N-dealkylation sites (N-methyl/N-ethyl adjacent to an activating group) is 2. The first-order valence-corrected chi connectivity index (χ1v) is 6.15. The predicted molar refractivity (Wildman–Crippen MR) is 66.5 cm³/mol. The molecular weight excluding hydrogens is 218 g/mol. The van der Waals surface area contributed by atoms with Crippen molar-refractivity contribution in [2.24, 2.45) is 5.92 Å². The van der Waals surface area contributed by atoms with E-state index in [1.165, 1.54) is 9.80 Å². The molecule has 1 unspecified atom stereocenters. The van der Waals surface area contributed by atoms with Gasteiger partial charge in [-0.3, -0.25) is 9.59 Å². The van der Waals surface area contributed by atoms with E-state index in [-0.39, 0.29) is 18.4 Å². The summed E-state index contributed by atoms with van der Waals surface area (Å²) in [5.74, 6) is 0.646. The van der Waals surface area contributed by atoms with Gasteiger partial charge in [0.25, 0.3) is 0 Å². The second-order valence-corrected chi connectivity index (χ2v) is 4.94. The number of nitrogens with zero attached hydrogens (tertiary/aromatic N) is 2. The lowest BCUT2D eigenvalue weighted by Gasteiger charge is -2.19. The molecule has 0 aromatic heterocycles. The second kappa shape index (κ2) is 6.59. The molecule has 17 heavy (non-hydrogen) atoms. The molecule has 98 valence electrons. The van der Waals surface area contributed by atoms with Crippen LogP contribution in [0.3, 0.4) is 0 Å². The molecule has 1 atom stereocenters. The maximum Gasteiger partial charge on any atom is 0.241 e. The molecule has 0 aromatic rings. The van der Waals surface area contributed by atoms with Crippen molar-refractivity contribution in [3.63, 3.8) is 0 Å². The Morgan fingerprint density at radius 2 is 1.94 bits per heavy atom. The van der Waals surface area contributed by atoms with Crippen molar-refractivity contribution < 1.29 is 9.59 Å². The van der Waals surface area contributed by atoms with Gasteiger partial charge in [0.1, 0.15) is 0 Å². The van der Waals surface area contributed by atoms with E-state index >= 15 is 0 Å². The highest BCUT2D eigenvalue weighted by Crippen LogP contribution is 2.14. The van der Waals surface area contributed by atoms with Crippen molar-refractivity contribution in [1.82, 2.24) is 15.1 Å². The minimum atomic E-state index is -0.0385. The average molecular weight is 241 g/mol. The quantitative estimate of drug-likeness (QED) is 0.732. The Kier molecular flexibility index (Phi) is 5.41. The van der Waals surface area contributed by atoms with Gasteiger partial charge >= 0.3 is 0 Å². The van der Waals surface area contributed by atoms with Crippen LogP contribution >= 0.6 is 0 Å². The van der Waals surface area contributed by atoms with E-state index in [2.05, 4.69) is 5.32 Å². The van der Waals surface area contributed by atoms with Gasteiger partial charge in [-0.1, -0.05) is 0 Å². The monoisotopic (exact) mass is 241 g/mol. The standard InChI is InChI=1S/C12H23N3O2/c1-14(2)12(17)9-15(3)11(16)5-4-10-6-7-13-8-10/h10,13H,4-9H2,1-3H3. The summed E-state index contributed by atoms with van der Waals surface area (Å²) in [6, 6.07) is 0. The summed E-state index contributed by atoms with van der Waals surface area (Å²) in [6.45, 7) is 2.26. The largest absolute Gasteiger partial charge is 0.347 e. The van der Waals surface area contributed by atoms with E-state index in [1.807, 2.05) is 0 Å². The zero-order valence-corrected chi connectivity index (χ0v) is 11.0. The number of carbonyl (C=O) groups excluding carboxylic acids is 2. The molecule has 0 aromatic carbocycles. The van der Waals surface area contributed by atoms with Crippen LogP contribution in [0.15, 0.2) is 0 Å². The van der Waals surface area contributed by atoms with Crippen molar-refractivity contribution in [2.45, 2.75) is 19.3 Å². The van der Waals surface area contributed by atoms with E-state index in [0.29, 0.717) is 12.3 Å². The topological polar surface area (TPSA) is 52.7 Å². The smallest absolute Gasteiger partial charge is 0.241 e. The Hall–Kier alpha value is -1.10. The average Bonchev–Trinajstić information content (AvgIpc) is 2.78. The van der Waals surface area contributed by atoms with Gasteiger partial charge in [-0.25, -0.2) is 0 Å². The summed E-state index contributed by atoms with van der Waals surface area (Å²) in [4.78, 5) is 26.3. The van der Waals surface area contributed by atoms with Crippen LogP contribution in [0.5, 0.6) is 0 Å². The first-order chi connectivity index (χ1) is 8.00. The fraction of sp³-hybridized carbons (Fsp3) is 0.833. The number of hydrogen-bond acceptors (Lipinski definition) is 3. The van der Waals surface area contributed by atoms with Crippen LogP contribution < -0.4 is 5.32 Å². The molecule has 1 aliphatic heterocycles. The SMILES string of the molecule is CN(C)C(=O)CN(C)C(=O)CCC1CCNC1. The van der Waals surface area contributed by atoms with Crippen molar-refractivity contribution in [3.05, 3.63) is 0 Å². The first kappa shape index (κ1) is 14.0. The van der Waals surface area contributed by atoms with Crippen molar-refractivity contribution >= 4 is 11.8 Å². The van der Waals surface area contributed by atoms with Gasteiger partial charge in [-0.2, -0.15) is 0 Å². The third-order valence-corrected chi connectivity index (χ3v) is 3.23. The zero-order chi connectivity index (χ0) is 12.8. The Morgan fingerprint density at radius 3 is 2.47 bits per heavy atom. The molecule has 1 fully saturated rings. The molecule has 1 aliphatic rings. The highest BCUT2D eigenvalue weighted by atomic mass is 16.2. The Bertz CT molecular complexity index is 273. The fourth-order valence-corrected chi connectivity index (χ4v) is 1.91. The van der Waals surface area contributed by atoms with Gasteiger partial charge in [0, 0.05) is 27.6 Å². The maximum absolute atomic E-state index is 11.8. The van der Waals surface area contributed by atoms with Gasteiger partial charge < -0.3 is 15.1 Å². The summed E-state index contributed by atoms with van der Waals surface area (Å²) in [7, 11) is 5.09. The molecule has 1 N–H and O–H groups in total. The number of carbonyl (C=O) groups is 2. The molecular formula is C12H23N3O2. The first-order valence-electron chi connectivity index (χ1n) is 6.15. The van der Waals surface area contributed by atoms with Gasteiger partial charge in [0.2, 0.25) is 11.8 Å². The summed E-state index contributed by atoms with van der Waals surface area (Å²) < 4.78 is 0. The van der Waals surface area contributed by atoms with Gasteiger partial charge in [-0.15, -0.1) is 0 Å². The van der Waals surface area contributed by atoms with E-state index in [0.717, 1.165) is 25.9 Å². The van der Waals surface area contributed by atoms with Gasteiger partial charge in [-0.05, 0) is 31.8 Å². The van der Waals surface area contributed by atoms with Crippen LogP contribution in [0.2, 0.25) is 0 Å². The third kappa shape index (κ3) is 4.73. The molecule has 2 amide bonds. The molecule has 0 aliphatic carbocycles. The predicted octanol–water partition coefficient (Wildman–Crippen LogP) is -0.0773. The molecule has 5 heteroatoms. The highest BCUT2D eigenvalue weighted by Gasteiger charge is 2.18. The number of rotatable bonds is 5. The van der Waals surface area contributed by atoms with Crippen LogP contribution in [0.1, 0.15) is 19.3 Å². The van der Waals surface area contributed by atoms with Gasteiger partial charge in [0.15, 0.2) is 0 Å². The molecule has 1 saturated heterocycles. The van der Waals surface area contributed by atoms with Crippen LogP contribution in [0.25, 0.3) is 0 Å². The molecule has 5 nitrogen and oxygen atoms in total. The Morgan fingerprint density at radius 1 is 1.24 bits per heavy atom. The van der Waals surface area contributed by atoms with Crippen molar-refractivity contribution in [2.75, 3.05) is 40.8 Å². The molecule has 0 radical (unpaired) electrons. The van der Waals surface area contributed by atoms with Gasteiger partial charge in [0.05, 0.1) is 6.54 Å². The lowest BCUT2D eigenvalue weighted by molar-refractivity contribution is -0.138. The third-order valence-electron chi connectivity index (χ3n) is 3.23. The minimum absolute atomic E-state index is 0.0385. The van der Waals surface area contributed by atoms with Crippen LogP contribution in [0, 0.1) is 5.92 Å². The van der Waals surface area contributed by atoms with Crippen LogP contribution in [-0.4, -0.2) is 62.4 Å². The molecule has 0 bridgehead atoms. The normalized spacial score (nSPS) is 19.1. The minimum Gasteiger partial charge on any atom is -0.347 e. The summed E-state index contributed by atoms with van der Waals surface area (Å²) in [5.41, 5.74) is 0. The summed E-state index contributed by atoms with van der Waals surface area (Å²) in [5, 5.41) is 3.29. The highest BCUT2D eigenvalue weighted by molar-refractivity contribution is 5.84. The lowest BCUT2D eigenvalue weighted by atomic mass is 10.0. The van der Waals surface area contributed by atoms with Crippen molar-refractivity contribution in [1.29, 1.82) is 0 Å². The van der Waals surface area contributed by atoms with E-state index < -0.39 is 0 Å². The zero-order valence-electron chi connectivity index (χ0n) is 11.0. The molecule has 0 saturated carbocycles.